The van der Waals surface area contributed by atoms with Crippen LogP contribution in [0.5, 0.6) is 5.75 Å². The lowest BCUT2D eigenvalue weighted by atomic mass is 10.0. The van der Waals surface area contributed by atoms with Gasteiger partial charge in [0, 0.05) is 11.3 Å². The van der Waals surface area contributed by atoms with Crippen LogP contribution < -0.4 is 4.74 Å². The van der Waals surface area contributed by atoms with E-state index in [0.29, 0.717) is 35.7 Å². The fraction of sp³-hybridized carbons (Fsp3) is 0.143. The van der Waals surface area contributed by atoms with Crippen molar-refractivity contribution in [1.29, 1.82) is 0 Å². The van der Waals surface area contributed by atoms with Crippen LogP contribution in [0.4, 0.5) is 0 Å². The second kappa shape index (κ2) is 10.0. The molecule has 0 radical (unpaired) electrons. The molecule has 3 aromatic carbocycles. The standard InChI is InChI=1S/C28H25NO4/c1-20-26(28(31)32-2)24(27(30)29(20)18-21-11-5-3-6-12-21)17-23-15-9-10-16-25(23)33-19-22-13-7-4-8-14-22/h3-17H,18-19H2,1-2H3/b24-17+. The molecule has 0 fully saturated rings. The molecule has 4 rings (SSSR count). The summed E-state index contributed by atoms with van der Waals surface area (Å²) in [5.41, 5.74) is 3.87. The van der Waals surface area contributed by atoms with Gasteiger partial charge in [0.2, 0.25) is 0 Å². The number of carbonyl (C=O) groups excluding carboxylic acids is 2. The third-order valence-corrected chi connectivity index (χ3v) is 5.54. The molecule has 0 aliphatic carbocycles. The molecule has 0 spiro atoms. The van der Waals surface area contributed by atoms with Crippen molar-refractivity contribution in [1.82, 2.24) is 4.90 Å². The van der Waals surface area contributed by atoms with E-state index in [9.17, 15) is 9.59 Å². The molecule has 1 amide bonds. The topological polar surface area (TPSA) is 55.8 Å². The highest BCUT2D eigenvalue weighted by Gasteiger charge is 2.37. The number of ether oxygens (including phenoxy) is 2. The molecular formula is C28H25NO4. The Morgan fingerprint density at radius 1 is 0.879 bits per heavy atom. The molecule has 1 aliphatic heterocycles. The number of carbonyl (C=O) groups is 2. The third kappa shape index (κ3) is 4.88. The molecule has 0 bridgehead atoms. The summed E-state index contributed by atoms with van der Waals surface area (Å²) in [4.78, 5) is 27.7. The van der Waals surface area contributed by atoms with Crippen LogP contribution >= 0.6 is 0 Å². The van der Waals surface area contributed by atoms with Crippen LogP contribution in [0.25, 0.3) is 6.08 Å². The predicted octanol–water partition coefficient (Wildman–Crippen LogP) is 5.14. The van der Waals surface area contributed by atoms with Crippen molar-refractivity contribution in [3.8, 4) is 5.75 Å². The molecule has 5 heteroatoms. The van der Waals surface area contributed by atoms with E-state index in [-0.39, 0.29) is 11.5 Å². The highest BCUT2D eigenvalue weighted by Crippen LogP contribution is 2.34. The zero-order valence-electron chi connectivity index (χ0n) is 18.7. The van der Waals surface area contributed by atoms with Crippen molar-refractivity contribution in [2.45, 2.75) is 20.1 Å². The molecular weight excluding hydrogens is 414 g/mol. The normalized spacial score (nSPS) is 14.7. The first-order valence-corrected chi connectivity index (χ1v) is 10.7. The second-order valence-electron chi connectivity index (χ2n) is 7.70. The van der Waals surface area contributed by atoms with E-state index < -0.39 is 5.97 Å². The Labute approximate surface area is 193 Å². The minimum atomic E-state index is -0.537. The van der Waals surface area contributed by atoms with Crippen LogP contribution in [0.1, 0.15) is 23.6 Å². The van der Waals surface area contributed by atoms with Crippen molar-refractivity contribution in [2.75, 3.05) is 7.11 Å². The number of nitrogens with zero attached hydrogens (tertiary/aromatic N) is 1. The molecule has 1 heterocycles. The third-order valence-electron chi connectivity index (χ3n) is 5.54. The molecule has 33 heavy (non-hydrogen) atoms. The van der Waals surface area contributed by atoms with Gasteiger partial charge >= 0.3 is 5.97 Å². The van der Waals surface area contributed by atoms with Crippen molar-refractivity contribution >= 4 is 18.0 Å². The summed E-state index contributed by atoms with van der Waals surface area (Å²) >= 11 is 0. The molecule has 0 atom stereocenters. The lowest BCUT2D eigenvalue weighted by molar-refractivity contribution is -0.136. The summed E-state index contributed by atoms with van der Waals surface area (Å²) in [6.07, 6.45) is 1.71. The maximum absolute atomic E-state index is 13.4. The Morgan fingerprint density at radius 3 is 2.15 bits per heavy atom. The summed E-state index contributed by atoms with van der Waals surface area (Å²) in [5.74, 6) is -0.148. The van der Waals surface area contributed by atoms with Gasteiger partial charge in [0.25, 0.3) is 5.91 Å². The van der Waals surface area contributed by atoms with E-state index in [4.69, 9.17) is 9.47 Å². The SMILES string of the molecule is COC(=O)C1=C(C)N(Cc2ccccc2)C(=O)/C1=C/c1ccccc1OCc1ccccc1. The van der Waals surface area contributed by atoms with Crippen LogP contribution in [0.2, 0.25) is 0 Å². The first kappa shape index (κ1) is 22.1. The number of para-hydroxylation sites is 1. The number of hydrogen-bond donors (Lipinski definition) is 0. The average Bonchev–Trinajstić information content (AvgIpc) is 3.08. The lowest BCUT2D eigenvalue weighted by Crippen LogP contribution is -2.24. The predicted molar refractivity (Wildman–Crippen MR) is 127 cm³/mol. The van der Waals surface area contributed by atoms with Crippen molar-refractivity contribution in [3.05, 3.63) is 118 Å². The number of amides is 1. The van der Waals surface area contributed by atoms with E-state index in [1.54, 1.807) is 17.9 Å². The van der Waals surface area contributed by atoms with E-state index in [0.717, 1.165) is 11.1 Å². The number of benzene rings is 3. The summed E-state index contributed by atoms with van der Waals surface area (Å²) in [6.45, 7) is 2.54. The second-order valence-corrected chi connectivity index (χ2v) is 7.70. The maximum Gasteiger partial charge on any atom is 0.340 e. The van der Waals surface area contributed by atoms with Gasteiger partial charge in [-0.25, -0.2) is 4.79 Å². The van der Waals surface area contributed by atoms with Crippen LogP contribution in [0.3, 0.4) is 0 Å². The Balaban J connectivity index is 1.67. The van der Waals surface area contributed by atoms with Gasteiger partial charge < -0.3 is 14.4 Å². The highest BCUT2D eigenvalue weighted by atomic mass is 16.5. The van der Waals surface area contributed by atoms with Gasteiger partial charge in [-0.15, -0.1) is 0 Å². The van der Waals surface area contributed by atoms with Gasteiger partial charge in [-0.3, -0.25) is 4.79 Å². The number of rotatable bonds is 7. The summed E-state index contributed by atoms with van der Waals surface area (Å²) in [5, 5.41) is 0. The number of allylic oxidation sites excluding steroid dienone is 1. The lowest BCUT2D eigenvalue weighted by Gasteiger charge is -2.18. The van der Waals surface area contributed by atoms with Gasteiger partial charge in [-0.1, -0.05) is 78.9 Å². The van der Waals surface area contributed by atoms with Crippen LogP contribution in [0.15, 0.2) is 102 Å². The van der Waals surface area contributed by atoms with E-state index in [1.165, 1.54) is 7.11 Å². The smallest absolute Gasteiger partial charge is 0.340 e. The fourth-order valence-corrected chi connectivity index (χ4v) is 3.81. The first-order chi connectivity index (χ1) is 16.1. The first-order valence-electron chi connectivity index (χ1n) is 10.7. The molecule has 0 N–H and O–H groups in total. The monoisotopic (exact) mass is 439 g/mol. The van der Waals surface area contributed by atoms with Gasteiger partial charge in [0.1, 0.15) is 12.4 Å². The van der Waals surface area contributed by atoms with Crippen LogP contribution in [-0.2, 0) is 27.5 Å². The van der Waals surface area contributed by atoms with E-state index in [2.05, 4.69) is 0 Å². The molecule has 1 aliphatic rings. The summed E-state index contributed by atoms with van der Waals surface area (Å²) in [7, 11) is 1.32. The Kier molecular flexibility index (Phi) is 6.69. The van der Waals surface area contributed by atoms with Crippen molar-refractivity contribution < 1.29 is 19.1 Å². The minimum Gasteiger partial charge on any atom is -0.488 e. The van der Waals surface area contributed by atoms with Crippen LogP contribution in [-0.4, -0.2) is 23.9 Å². The van der Waals surface area contributed by atoms with E-state index in [1.807, 2.05) is 84.9 Å². The zero-order chi connectivity index (χ0) is 23.2. The Hall–Kier alpha value is -4.12. The summed E-state index contributed by atoms with van der Waals surface area (Å²) in [6, 6.07) is 27.0. The van der Waals surface area contributed by atoms with Crippen LogP contribution in [0, 0.1) is 0 Å². The minimum absolute atomic E-state index is 0.241. The number of esters is 1. The van der Waals surface area contributed by atoms with Gasteiger partial charge in [0.15, 0.2) is 0 Å². The quantitative estimate of drug-likeness (QED) is 0.378. The Bertz CT molecular complexity index is 1210. The molecule has 0 unspecified atom stereocenters. The van der Waals surface area contributed by atoms with E-state index >= 15 is 0 Å². The molecule has 166 valence electrons. The average molecular weight is 440 g/mol. The summed E-state index contributed by atoms with van der Waals surface area (Å²) < 4.78 is 11.0. The molecule has 0 aromatic heterocycles. The molecule has 0 saturated heterocycles. The highest BCUT2D eigenvalue weighted by molar-refractivity contribution is 6.16. The molecule has 0 saturated carbocycles. The van der Waals surface area contributed by atoms with Gasteiger partial charge in [0.05, 0.1) is 24.8 Å². The van der Waals surface area contributed by atoms with Crippen molar-refractivity contribution in [2.24, 2.45) is 0 Å². The maximum atomic E-state index is 13.4. The fourth-order valence-electron chi connectivity index (χ4n) is 3.81. The zero-order valence-corrected chi connectivity index (χ0v) is 18.7. The number of hydrogen-bond acceptors (Lipinski definition) is 4. The molecule has 5 nitrogen and oxygen atoms in total. The Morgan fingerprint density at radius 2 is 1.48 bits per heavy atom. The number of methoxy groups -OCH3 is 1. The van der Waals surface area contributed by atoms with Gasteiger partial charge in [-0.05, 0) is 30.2 Å². The molecule has 3 aromatic rings. The van der Waals surface area contributed by atoms with Gasteiger partial charge in [-0.2, -0.15) is 0 Å². The van der Waals surface area contributed by atoms with Crippen molar-refractivity contribution in [3.63, 3.8) is 0 Å². The largest absolute Gasteiger partial charge is 0.488 e.